The van der Waals surface area contributed by atoms with Crippen molar-refractivity contribution in [1.82, 2.24) is 5.32 Å². The molecule has 4 rings (SSSR count). The van der Waals surface area contributed by atoms with Gasteiger partial charge in [0.25, 0.3) is 0 Å². The molecule has 27 heavy (non-hydrogen) atoms. The Kier molecular flexibility index (Phi) is 4.33. The van der Waals surface area contributed by atoms with Crippen molar-refractivity contribution in [3.05, 3.63) is 72.0 Å². The Balaban J connectivity index is 1.90. The van der Waals surface area contributed by atoms with Gasteiger partial charge in [0, 0.05) is 5.69 Å². The van der Waals surface area contributed by atoms with E-state index < -0.39 is 5.66 Å². The standard InChI is InChI=1S/C21H21N3O3/c1-22-21(15-4-8-17(25-2)9-5-15)19-12-13-27-20(19)23-14-24(21)16-6-10-18(26-3)11-7-16/h4-14,22H,1-3H3. The van der Waals surface area contributed by atoms with Crippen molar-refractivity contribution in [3.8, 4) is 11.5 Å². The monoisotopic (exact) mass is 363 g/mol. The number of nitrogens with one attached hydrogen (secondary N) is 1. The Labute approximate surface area is 158 Å². The van der Waals surface area contributed by atoms with Crippen LogP contribution < -0.4 is 19.7 Å². The van der Waals surface area contributed by atoms with Crippen LogP contribution in [0.5, 0.6) is 11.5 Å². The SMILES string of the molecule is CNC1(c2ccc(OC)cc2)c2ccoc2N=CN1c1ccc(OC)cc1. The molecular weight excluding hydrogens is 342 g/mol. The van der Waals surface area contributed by atoms with Crippen LogP contribution >= 0.6 is 0 Å². The van der Waals surface area contributed by atoms with Crippen molar-refractivity contribution in [2.24, 2.45) is 4.99 Å². The summed E-state index contributed by atoms with van der Waals surface area (Å²) in [5.74, 6) is 2.19. The van der Waals surface area contributed by atoms with Gasteiger partial charge in [-0.25, -0.2) is 4.99 Å². The lowest BCUT2D eigenvalue weighted by Crippen LogP contribution is -2.56. The molecule has 2 heterocycles. The summed E-state index contributed by atoms with van der Waals surface area (Å²) in [5.41, 5.74) is 2.27. The van der Waals surface area contributed by atoms with Crippen LogP contribution in [0.15, 0.2) is 70.3 Å². The summed E-state index contributed by atoms with van der Waals surface area (Å²) < 4.78 is 16.2. The summed E-state index contributed by atoms with van der Waals surface area (Å²) in [6.07, 6.45) is 3.45. The van der Waals surface area contributed by atoms with Gasteiger partial charge in [0.2, 0.25) is 5.88 Å². The topological polar surface area (TPSA) is 59.2 Å². The zero-order valence-electron chi connectivity index (χ0n) is 15.5. The number of ether oxygens (including phenoxy) is 2. The first kappa shape index (κ1) is 17.2. The molecule has 3 aromatic rings. The molecule has 0 radical (unpaired) electrons. The molecule has 0 saturated heterocycles. The van der Waals surface area contributed by atoms with E-state index in [4.69, 9.17) is 13.9 Å². The predicted molar refractivity (Wildman–Crippen MR) is 105 cm³/mol. The lowest BCUT2D eigenvalue weighted by atomic mass is 9.89. The second kappa shape index (κ2) is 6.81. The molecule has 2 aromatic carbocycles. The van der Waals surface area contributed by atoms with Crippen LogP contribution in [0, 0.1) is 0 Å². The van der Waals surface area contributed by atoms with E-state index >= 15 is 0 Å². The summed E-state index contributed by atoms with van der Waals surface area (Å²) in [4.78, 5) is 6.58. The molecular formula is C21H21N3O3. The van der Waals surface area contributed by atoms with Crippen molar-refractivity contribution in [2.45, 2.75) is 5.66 Å². The van der Waals surface area contributed by atoms with Gasteiger partial charge in [0.15, 0.2) is 5.66 Å². The fraction of sp³-hybridized carbons (Fsp3) is 0.190. The van der Waals surface area contributed by atoms with Gasteiger partial charge in [-0.1, -0.05) is 12.1 Å². The Morgan fingerprint density at radius 3 is 2.15 bits per heavy atom. The van der Waals surface area contributed by atoms with E-state index in [1.54, 1.807) is 26.8 Å². The van der Waals surface area contributed by atoms with Gasteiger partial charge < -0.3 is 18.8 Å². The molecule has 6 heteroatoms. The molecule has 0 fully saturated rings. The number of furan rings is 1. The average Bonchev–Trinajstić information content (AvgIpc) is 3.22. The zero-order chi connectivity index (χ0) is 18.9. The third-order valence-corrected chi connectivity index (χ3v) is 4.91. The van der Waals surface area contributed by atoms with Crippen LogP contribution in [0.1, 0.15) is 11.1 Å². The van der Waals surface area contributed by atoms with Gasteiger partial charge in [0.1, 0.15) is 17.8 Å². The third-order valence-electron chi connectivity index (χ3n) is 4.91. The van der Waals surface area contributed by atoms with Gasteiger partial charge in [-0.2, -0.15) is 0 Å². The summed E-state index contributed by atoms with van der Waals surface area (Å²) in [7, 11) is 5.25. The zero-order valence-corrected chi connectivity index (χ0v) is 15.5. The van der Waals surface area contributed by atoms with E-state index in [-0.39, 0.29) is 0 Å². The summed E-state index contributed by atoms with van der Waals surface area (Å²) in [6, 6.07) is 17.8. The first-order valence-corrected chi connectivity index (χ1v) is 8.62. The highest BCUT2D eigenvalue weighted by Crippen LogP contribution is 2.44. The second-order valence-corrected chi connectivity index (χ2v) is 6.14. The van der Waals surface area contributed by atoms with Gasteiger partial charge in [-0.15, -0.1) is 0 Å². The fourth-order valence-corrected chi connectivity index (χ4v) is 3.53. The third kappa shape index (κ3) is 2.65. The van der Waals surface area contributed by atoms with E-state index in [1.165, 1.54) is 0 Å². The molecule has 1 aliphatic heterocycles. The predicted octanol–water partition coefficient (Wildman–Crippen LogP) is 3.90. The van der Waals surface area contributed by atoms with E-state index in [1.807, 2.05) is 61.6 Å². The minimum atomic E-state index is -0.676. The highest BCUT2D eigenvalue weighted by atomic mass is 16.5. The quantitative estimate of drug-likeness (QED) is 0.745. The van der Waals surface area contributed by atoms with Crippen LogP contribution in [-0.2, 0) is 5.66 Å². The Morgan fingerprint density at radius 1 is 0.926 bits per heavy atom. The molecule has 0 saturated carbocycles. The highest BCUT2D eigenvalue weighted by molar-refractivity contribution is 5.88. The second-order valence-electron chi connectivity index (χ2n) is 6.14. The molecule has 0 bridgehead atoms. The minimum Gasteiger partial charge on any atom is -0.497 e. The number of nitrogens with zero attached hydrogens (tertiary/aromatic N) is 2. The van der Waals surface area contributed by atoms with Crippen LogP contribution in [0.25, 0.3) is 0 Å². The van der Waals surface area contributed by atoms with Crippen molar-refractivity contribution in [2.75, 3.05) is 26.2 Å². The fourth-order valence-electron chi connectivity index (χ4n) is 3.53. The van der Waals surface area contributed by atoms with E-state index in [2.05, 4.69) is 15.2 Å². The largest absolute Gasteiger partial charge is 0.497 e. The van der Waals surface area contributed by atoms with Crippen LogP contribution in [0.3, 0.4) is 0 Å². The summed E-state index contributed by atoms with van der Waals surface area (Å²) in [6.45, 7) is 0. The number of fused-ring (bicyclic) bond motifs is 1. The summed E-state index contributed by atoms with van der Waals surface area (Å²) in [5, 5.41) is 3.49. The summed E-state index contributed by atoms with van der Waals surface area (Å²) >= 11 is 0. The Hall–Kier alpha value is -3.25. The first-order chi connectivity index (χ1) is 13.2. The van der Waals surface area contributed by atoms with Gasteiger partial charge in [-0.3, -0.25) is 5.32 Å². The highest BCUT2D eigenvalue weighted by Gasteiger charge is 2.44. The maximum absolute atomic E-state index is 5.59. The average molecular weight is 363 g/mol. The van der Waals surface area contributed by atoms with Gasteiger partial charge in [0.05, 0.1) is 26.0 Å². The number of benzene rings is 2. The van der Waals surface area contributed by atoms with Crippen molar-refractivity contribution < 1.29 is 13.9 Å². The Morgan fingerprint density at radius 2 is 1.56 bits per heavy atom. The number of anilines is 1. The van der Waals surface area contributed by atoms with Crippen molar-refractivity contribution in [3.63, 3.8) is 0 Å². The molecule has 1 aromatic heterocycles. The number of methoxy groups -OCH3 is 2. The maximum atomic E-state index is 5.59. The molecule has 1 aliphatic rings. The lowest BCUT2D eigenvalue weighted by molar-refractivity contribution is 0.411. The van der Waals surface area contributed by atoms with Crippen molar-refractivity contribution >= 4 is 17.9 Å². The van der Waals surface area contributed by atoms with E-state index in [0.717, 1.165) is 28.3 Å². The molecule has 0 aliphatic carbocycles. The maximum Gasteiger partial charge on any atom is 0.227 e. The molecule has 0 spiro atoms. The molecule has 1 N–H and O–H groups in total. The van der Waals surface area contributed by atoms with Crippen LogP contribution in [0.4, 0.5) is 11.6 Å². The van der Waals surface area contributed by atoms with Crippen LogP contribution in [0.2, 0.25) is 0 Å². The normalized spacial score (nSPS) is 18.3. The number of hydrogen-bond donors (Lipinski definition) is 1. The molecule has 138 valence electrons. The molecule has 1 atom stereocenters. The number of aliphatic imine (C=N–C) groups is 1. The number of hydrogen-bond acceptors (Lipinski definition) is 6. The number of rotatable bonds is 5. The lowest BCUT2D eigenvalue weighted by Gasteiger charge is -2.44. The van der Waals surface area contributed by atoms with Crippen LogP contribution in [-0.4, -0.2) is 27.6 Å². The Bertz CT molecular complexity index is 948. The van der Waals surface area contributed by atoms with Gasteiger partial charge in [-0.05, 0) is 55.1 Å². The molecule has 6 nitrogen and oxygen atoms in total. The first-order valence-electron chi connectivity index (χ1n) is 8.62. The van der Waals surface area contributed by atoms with E-state index in [0.29, 0.717) is 5.88 Å². The molecule has 1 unspecified atom stereocenters. The smallest absolute Gasteiger partial charge is 0.227 e. The van der Waals surface area contributed by atoms with Gasteiger partial charge >= 0.3 is 0 Å². The minimum absolute atomic E-state index is 0.588. The van der Waals surface area contributed by atoms with E-state index in [9.17, 15) is 0 Å². The molecule has 0 amide bonds. The van der Waals surface area contributed by atoms with Crippen molar-refractivity contribution in [1.29, 1.82) is 0 Å².